The predicted molar refractivity (Wildman–Crippen MR) is 86.6 cm³/mol. The molecule has 0 aromatic heterocycles. The number of Topliss-reactive ketones (excluding diaryl/α,β-unsaturated/α-hetero) is 1. The number of rotatable bonds is 6. The van der Waals surface area contributed by atoms with E-state index in [0.717, 1.165) is 11.6 Å². The van der Waals surface area contributed by atoms with E-state index in [9.17, 15) is 9.59 Å². The maximum Gasteiger partial charge on any atom is 0.334 e. The molecule has 108 valence electrons. The van der Waals surface area contributed by atoms with Gasteiger partial charge in [0.25, 0.3) is 0 Å². The zero-order valence-electron chi connectivity index (χ0n) is 11.4. The van der Waals surface area contributed by atoms with E-state index in [2.05, 4.69) is 6.58 Å². The Morgan fingerprint density at radius 2 is 1.85 bits per heavy atom. The number of hydrogen-bond donors (Lipinski definition) is 0. The van der Waals surface area contributed by atoms with Crippen molar-refractivity contribution in [3.05, 3.63) is 59.9 Å². The van der Waals surface area contributed by atoms with Gasteiger partial charge in [-0.1, -0.05) is 36.9 Å². The van der Waals surface area contributed by atoms with Crippen molar-refractivity contribution < 1.29 is 19.1 Å². The molecule has 0 amide bonds. The summed E-state index contributed by atoms with van der Waals surface area (Å²) in [6.07, 6.45) is 1.03. The average Bonchev–Trinajstić information content (AvgIpc) is 2.42. The minimum atomic E-state index is -0.629. The summed E-state index contributed by atoms with van der Waals surface area (Å²) in [5.74, 6) is -1.12. The number of ether oxygens (including phenoxy) is 2. The number of halogens is 1. The topological polar surface area (TPSA) is 52.6 Å². The summed E-state index contributed by atoms with van der Waals surface area (Å²) in [7, 11) is 1.32. The first-order valence-electron chi connectivity index (χ1n) is 5.71. The molecule has 5 heteroatoms. The van der Waals surface area contributed by atoms with E-state index < -0.39 is 11.8 Å². The number of ketones is 1. The van der Waals surface area contributed by atoms with Crippen LogP contribution in [0.1, 0.15) is 12.5 Å². The van der Waals surface area contributed by atoms with E-state index >= 15 is 0 Å². The van der Waals surface area contributed by atoms with Gasteiger partial charge in [-0.3, -0.25) is 4.79 Å². The number of benzene rings is 1. The Balaban J connectivity index is 0.00000361. The van der Waals surface area contributed by atoms with E-state index in [1.165, 1.54) is 7.11 Å². The van der Waals surface area contributed by atoms with Crippen LogP contribution in [0.25, 0.3) is 0 Å². The first-order valence-corrected chi connectivity index (χ1v) is 5.71. The zero-order valence-corrected chi connectivity index (χ0v) is 13.7. The molecule has 1 aromatic carbocycles. The van der Waals surface area contributed by atoms with Crippen LogP contribution in [0.2, 0.25) is 0 Å². The molecule has 0 saturated heterocycles. The molecule has 20 heavy (non-hydrogen) atoms. The summed E-state index contributed by atoms with van der Waals surface area (Å²) in [6.45, 7) is 5.20. The molecule has 0 saturated carbocycles. The van der Waals surface area contributed by atoms with Gasteiger partial charge in [0, 0.05) is 0 Å². The second-order valence-corrected chi connectivity index (χ2v) is 3.92. The highest BCUT2D eigenvalue weighted by Gasteiger charge is 2.13. The van der Waals surface area contributed by atoms with Crippen molar-refractivity contribution in [2.75, 3.05) is 7.11 Å². The summed E-state index contributed by atoms with van der Waals surface area (Å²) in [5.41, 5.74) is 1.17. The molecule has 0 aliphatic carbocycles. The molecule has 0 unspecified atom stereocenters. The van der Waals surface area contributed by atoms with Crippen LogP contribution in [0.3, 0.4) is 0 Å². The Morgan fingerprint density at radius 3 is 2.35 bits per heavy atom. The van der Waals surface area contributed by atoms with Crippen molar-refractivity contribution in [1.82, 2.24) is 0 Å². The van der Waals surface area contributed by atoms with Gasteiger partial charge < -0.3 is 9.47 Å². The molecule has 0 fully saturated rings. The third-order valence-electron chi connectivity index (χ3n) is 2.30. The van der Waals surface area contributed by atoms with Gasteiger partial charge in [0.1, 0.15) is 6.61 Å². The maximum absolute atomic E-state index is 11.6. The minimum Gasteiger partial charge on any atom is -0.492 e. The molecule has 0 bridgehead atoms. The quantitative estimate of drug-likeness (QED) is 0.326. The molecule has 0 spiro atoms. The number of carbonyl (C=O) groups excluding carboxylic acids is 2. The van der Waals surface area contributed by atoms with Crippen LogP contribution < -0.4 is 0 Å². The Kier molecular flexibility index (Phi) is 8.54. The van der Waals surface area contributed by atoms with Gasteiger partial charge in [0.2, 0.25) is 5.78 Å². The smallest absolute Gasteiger partial charge is 0.334 e. The first kappa shape index (κ1) is 18.4. The third-order valence-corrected chi connectivity index (χ3v) is 2.30. The minimum absolute atomic E-state index is 0. The van der Waals surface area contributed by atoms with E-state index in [-0.39, 0.29) is 36.3 Å². The van der Waals surface area contributed by atoms with E-state index in [0.29, 0.717) is 5.57 Å². The van der Waals surface area contributed by atoms with E-state index in [1.807, 2.05) is 30.3 Å². The van der Waals surface area contributed by atoms with Crippen LogP contribution in [-0.4, -0.2) is 18.9 Å². The number of esters is 1. The highest BCUT2D eigenvalue weighted by Crippen LogP contribution is 2.06. The Hall–Kier alpha value is -1.63. The third kappa shape index (κ3) is 6.01. The fourth-order valence-corrected chi connectivity index (χ4v) is 1.30. The molecule has 0 radical (unpaired) electrons. The highest BCUT2D eigenvalue weighted by atomic mass is 127. The molecule has 0 atom stereocenters. The number of allylic oxidation sites excluding steroid dienone is 1. The lowest BCUT2D eigenvalue weighted by atomic mass is 10.2. The van der Waals surface area contributed by atoms with Gasteiger partial charge in [0.05, 0.1) is 13.2 Å². The number of carbonyl (C=O) groups is 2. The fraction of sp³-hybridized carbons (Fsp3) is 0.200. The van der Waals surface area contributed by atoms with Crippen LogP contribution in [0.15, 0.2) is 54.3 Å². The predicted octanol–water partition coefficient (Wildman–Crippen LogP) is 3.02. The standard InChI is InChI=1S/C15H16O4.HI/c1-11(2)15(17)13(18-3)9-14(16)19-10-12-7-5-4-6-8-12;/h4-9H,1,10H2,2-3H3;1H. The first-order chi connectivity index (χ1) is 9.04. The lowest BCUT2D eigenvalue weighted by Crippen LogP contribution is -2.09. The fourth-order valence-electron chi connectivity index (χ4n) is 1.30. The van der Waals surface area contributed by atoms with Gasteiger partial charge in [-0.2, -0.15) is 0 Å². The zero-order chi connectivity index (χ0) is 14.3. The second kappa shape index (κ2) is 9.30. The second-order valence-electron chi connectivity index (χ2n) is 3.92. The molecule has 1 rings (SSSR count). The Bertz CT molecular complexity index is 506. The molecule has 4 nitrogen and oxygen atoms in total. The number of hydrogen-bond acceptors (Lipinski definition) is 4. The van der Waals surface area contributed by atoms with Crippen LogP contribution in [0.5, 0.6) is 0 Å². The summed E-state index contributed by atoms with van der Waals surface area (Å²) in [4.78, 5) is 23.1. The molecular formula is C15H17IO4. The van der Waals surface area contributed by atoms with Gasteiger partial charge in [-0.25, -0.2) is 4.79 Å². The molecule has 0 heterocycles. The van der Waals surface area contributed by atoms with E-state index in [1.54, 1.807) is 6.92 Å². The summed E-state index contributed by atoms with van der Waals surface area (Å²) >= 11 is 0. The van der Waals surface area contributed by atoms with Crippen LogP contribution in [0, 0.1) is 0 Å². The van der Waals surface area contributed by atoms with Gasteiger partial charge in [-0.15, -0.1) is 24.0 Å². The largest absolute Gasteiger partial charge is 0.492 e. The van der Waals surface area contributed by atoms with Gasteiger partial charge in [0.15, 0.2) is 5.76 Å². The molecule has 0 N–H and O–H groups in total. The van der Waals surface area contributed by atoms with Crippen molar-refractivity contribution in [2.45, 2.75) is 13.5 Å². The molecular weight excluding hydrogens is 371 g/mol. The summed E-state index contributed by atoms with van der Waals surface area (Å²) < 4.78 is 9.86. The van der Waals surface area contributed by atoms with Crippen molar-refractivity contribution >= 4 is 35.7 Å². The van der Waals surface area contributed by atoms with Crippen molar-refractivity contribution in [1.29, 1.82) is 0 Å². The monoisotopic (exact) mass is 388 g/mol. The molecule has 0 aliphatic rings. The van der Waals surface area contributed by atoms with Crippen LogP contribution >= 0.6 is 24.0 Å². The lowest BCUT2D eigenvalue weighted by molar-refractivity contribution is -0.139. The average molecular weight is 388 g/mol. The highest BCUT2D eigenvalue weighted by molar-refractivity contribution is 14.0. The Labute approximate surface area is 135 Å². The van der Waals surface area contributed by atoms with E-state index in [4.69, 9.17) is 9.47 Å². The van der Waals surface area contributed by atoms with Crippen molar-refractivity contribution in [3.63, 3.8) is 0 Å². The molecule has 1 aromatic rings. The summed E-state index contributed by atoms with van der Waals surface area (Å²) in [6, 6.07) is 9.26. The maximum atomic E-state index is 11.6. The Morgan fingerprint density at radius 1 is 1.25 bits per heavy atom. The molecule has 0 aliphatic heterocycles. The van der Waals surface area contributed by atoms with Gasteiger partial charge >= 0.3 is 5.97 Å². The van der Waals surface area contributed by atoms with Crippen LogP contribution in [-0.2, 0) is 25.7 Å². The van der Waals surface area contributed by atoms with Crippen molar-refractivity contribution in [3.8, 4) is 0 Å². The van der Waals surface area contributed by atoms with Gasteiger partial charge in [-0.05, 0) is 18.1 Å². The SMILES string of the molecule is C=C(C)C(=O)C(=CC(=O)OCc1ccccc1)OC.I. The van der Waals surface area contributed by atoms with Crippen molar-refractivity contribution in [2.24, 2.45) is 0 Å². The summed E-state index contributed by atoms with van der Waals surface area (Å²) in [5, 5.41) is 0. The number of methoxy groups -OCH3 is 1. The normalized spacial score (nSPS) is 10.2. The van der Waals surface area contributed by atoms with Crippen LogP contribution in [0.4, 0.5) is 0 Å². The lowest BCUT2D eigenvalue weighted by Gasteiger charge is -2.05.